The summed E-state index contributed by atoms with van der Waals surface area (Å²) in [6, 6.07) is 4.82. The first-order chi connectivity index (χ1) is 11.5. The normalized spacial score (nSPS) is 20.8. The lowest BCUT2D eigenvalue weighted by molar-refractivity contribution is -0.0386. The molecule has 0 aliphatic carbocycles. The van der Waals surface area contributed by atoms with Crippen LogP contribution >= 0.6 is 0 Å². The average Bonchev–Trinajstić information content (AvgIpc) is 2.52. The van der Waals surface area contributed by atoms with Crippen LogP contribution in [0.2, 0.25) is 0 Å². The minimum atomic E-state index is -0.368. The maximum Gasteiger partial charge on any atom is 0.127 e. The van der Waals surface area contributed by atoms with E-state index >= 15 is 0 Å². The third-order valence-corrected chi connectivity index (χ3v) is 5.04. The van der Waals surface area contributed by atoms with Gasteiger partial charge in [0, 0.05) is 57.0 Å². The van der Waals surface area contributed by atoms with Crippen molar-refractivity contribution in [2.24, 2.45) is 5.92 Å². The molecular weight excluding hydrogens is 310 g/mol. The largest absolute Gasteiger partial charge is 0.381 e. The number of nitrogens with zero attached hydrogens (tertiary/aromatic N) is 2. The Morgan fingerprint density at radius 1 is 1.17 bits per heavy atom. The summed E-state index contributed by atoms with van der Waals surface area (Å²) in [5.74, 6) is -0.0574. The molecule has 2 heterocycles. The van der Waals surface area contributed by atoms with Gasteiger partial charge in [-0.1, -0.05) is 13.8 Å². The third-order valence-electron chi connectivity index (χ3n) is 5.04. The highest BCUT2D eigenvalue weighted by atomic mass is 19.1. The summed E-state index contributed by atoms with van der Waals surface area (Å²) in [6.07, 6.45) is 2.20. The van der Waals surface area contributed by atoms with Gasteiger partial charge in [0.05, 0.1) is 0 Å². The molecule has 3 rings (SSSR count). The third kappa shape index (κ3) is 4.32. The smallest absolute Gasteiger partial charge is 0.127 e. The molecule has 24 heavy (non-hydrogen) atoms. The van der Waals surface area contributed by atoms with E-state index in [1.165, 1.54) is 18.2 Å². The van der Waals surface area contributed by atoms with Gasteiger partial charge in [0.2, 0.25) is 0 Å². The molecule has 2 aliphatic heterocycles. The lowest BCUT2D eigenvalue weighted by Gasteiger charge is -2.49. The zero-order chi connectivity index (χ0) is 17.1. The second-order valence-electron chi connectivity index (χ2n) is 7.52. The molecule has 2 aliphatic rings. The van der Waals surface area contributed by atoms with Gasteiger partial charge in [-0.05, 0) is 37.0 Å². The van der Waals surface area contributed by atoms with Crippen molar-refractivity contribution in [2.75, 3.05) is 32.8 Å². The number of halogens is 2. The SMILES string of the molecule is CC(C)CN(C1CCOCC1)C1CN(Cc2cc(F)ccc2F)C1. The molecule has 134 valence electrons. The van der Waals surface area contributed by atoms with E-state index in [1.54, 1.807) is 0 Å². The molecule has 3 nitrogen and oxygen atoms in total. The molecule has 0 N–H and O–H groups in total. The predicted molar refractivity (Wildman–Crippen MR) is 90.8 cm³/mol. The van der Waals surface area contributed by atoms with Crippen LogP contribution in [-0.2, 0) is 11.3 Å². The Balaban J connectivity index is 1.57. The molecule has 0 spiro atoms. The topological polar surface area (TPSA) is 15.7 Å². The van der Waals surface area contributed by atoms with Gasteiger partial charge in [-0.2, -0.15) is 0 Å². The van der Waals surface area contributed by atoms with Crippen molar-refractivity contribution < 1.29 is 13.5 Å². The van der Waals surface area contributed by atoms with Crippen molar-refractivity contribution in [3.63, 3.8) is 0 Å². The molecule has 0 amide bonds. The van der Waals surface area contributed by atoms with E-state index in [2.05, 4.69) is 23.6 Å². The number of ether oxygens (including phenoxy) is 1. The Hall–Kier alpha value is -1.04. The van der Waals surface area contributed by atoms with Gasteiger partial charge in [0.25, 0.3) is 0 Å². The molecular formula is C19H28F2N2O. The van der Waals surface area contributed by atoms with Crippen molar-refractivity contribution in [2.45, 2.75) is 45.3 Å². The number of likely N-dealkylation sites (tertiary alicyclic amines) is 1. The summed E-state index contributed by atoms with van der Waals surface area (Å²) in [4.78, 5) is 4.83. The van der Waals surface area contributed by atoms with Crippen LogP contribution in [0, 0.1) is 17.6 Å². The second kappa shape index (κ2) is 7.89. The maximum atomic E-state index is 13.8. The summed E-state index contributed by atoms with van der Waals surface area (Å²) in [5, 5.41) is 0. The van der Waals surface area contributed by atoms with Gasteiger partial charge < -0.3 is 4.74 Å². The van der Waals surface area contributed by atoms with Gasteiger partial charge in [0.15, 0.2) is 0 Å². The van der Waals surface area contributed by atoms with Gasteiger partial charge >= 0.3 is 0 Å². The van der Waals surface area contributed by atoms with Gasteiger partial charge in [-0.25, -0.2) is 8.78 Å². The zero-order valence-corrected chi connectivity index (χ0v) is 14.7. The lowest BCUT2D eigenvalue weighted by atomic mass is 9.97. The molecule has 1 aromatic rings. The predicted octanol–water partition coefficient (Wildman–Crippen LogP) is 3.29. The molecule has 0 aromatic heterocycles. The van der Waals surface area contributed by atoms with E-state index in [-0.39, 0.29) is 11.6 Å². The number of hydrogen-bond acceptors (Lipinski definition) is 3. The fourth-order valence-electron chi connectivity index (χ4n) is 3.82. The minimum Gasteiger partial charge on any atom is -0.381 e. The average molecular weight is 338 g/mol. The highest BCUT2D eigenvalue weighted by Gasteiger charge is 2.36. The highest BCUT2D eigenvalue weighted by molar-refractivity contribution is 5.19. The highest BCUT2D eigenvalue weighted by Crippen LogP contribution is 2.26. The lowest BCUT2D eigenvalue weighted by Crippen LogP contribution is -2.62. The zero-order valence-electron chi connectivity index (χ0n) is 14.7. The van der Waals surface area contributed by atoms with Crippen molar-refractivity contribution in [1.29, 1.82) is 0 Å². The van der Waals surface area contributed by atoms with E-state index in [4.69, 9.17) is 4.74 Å². The molecule has 0 unspecified atom stereocenters. The van der Waals surface area contributed by atoms with Crippen LogP contribution < -0.4 is 0 Å². The van der Waals surface area contributed by atoms with Gasteiger partial charge in [-0.3, -0.25) is 9.80 Å². The molecule has 0 saturated carbocycles. The van der Waals surface area contributed by atoms with E-state index in [1.807, 2.05) is 0 Å². The van der Waals surface area contributed by atoms with Crippen LogP contribution in [0.3, 0.4) is 0 Å². The first-order valence-corrected chi connectivity index (χ1v) is 9.02. The summed E-state index contributed by atoms with van der Waals surface area (Å²) in [5.41, 5.74) is 0.454. The van der Waals surface area contributed by atoms with E-state index < -0.39 is 0 Å². The van der Waals surface area contributed by atoms with Crippen molar-refractivity contribution in [1.82, 2.24) is 9.80 Å². The molecule has 0 bridgehead atoms. The molecule has 0 radical (unpaired) electrons. The monoisotopic (exact) mass is 338 g/mol. The van der Waals surface area contributed by atoms with Crippen LogP contribution in [0.15, 0.2) is 18.2 Å². The minimum absolute atomic E-state index is 0.316. The summed E-state index contributed by atoms with van der Waals surface area (Å²) in [6.45, 7) is 9.66. The Morgan fingerprint density at radius 3 is 2.54 bits per heavy atom. The number of rotatable bonds is 6. The fourth-order valence-corrected chi connectivity index (χ4v) is 3.82. The second-order valence-corrected chi connectivity index (χ2v) is 7.52. The van der Waals surface area contributed by atoms with Gasteiger partial charge in [0.1, 0.15) is 11.6 Å². The van der Waals surface area contributed by atoms with Crippen molar-refractivity contribution in [3.05, 3.63) is 35.4 Å². The summed E-state index contributed by atoms with van der Waals surface area (Å²) in [7, 11) is 0. The standard InChI is InChI=1S/C19H28F2N2O/c1-14(2)10-23(17-5-7-24-8-6-17)18-12-22(13-18)11-15-9-16(20)3-4-19(15)21/h3-4,9,14,17-18H,5-8,10-13H2,1-2H3. The quantitative estimate of drug-likeness (QED) is 0.792. The first kappa shape index (κ1) is 17.8. The Bertz CT molecular complexity index is 540. The molecule has 1 aromatic carbocycles. The first-order valence-electron chi connectivity index (χ1n) is 9.02. The fraction of sp³-hybridized carbons (Fsp3) is 0.684. The summed E-state index contributed by atoms with van der Waals surface area (Å²) < 4.78 is 32.6. The molecule has 5 heteroatoms. The van der Waals surface area contributed by atoms with Crippen LogP contribution in [0.4, 0.5) is 8.78 Å². The number of benzene rings is 1. The van der Waals surface area contributed by atoms with Gasteiger partial charge in [-0.15, -0.1) is 0 Å². The molecule has 2 fully saturated rings. The van der Waals surface area contributed by atoms with Crippen molar-refractivity contribution >= 4 is 0 Å². The van der Waals surface area contributed by atoms with E-state index in [9.17, 15) is 8.78 Å². The van der Waals surface area contributed by atoms with Crippen LogP contribution in [0.25, 0.3) is 0 Å². The van der Waals surface area contributed by atoms with Crippen LogP contribution in [0.5, 0.6) is 0 Å². The van der Waals surface area contributed by atoms with E-state index in [0.717, 1.165) is 45.7 Å². The van der Waals surface area contributed by atoms with Crippen LogP contribution in [0.1, 0.15) is 32.3 Å². The summed E-state index contributed by atoms with van der Waals surface area (Å²) >= 11 is 0. The van der Waals surface area contributed by atoms with Crippen molar-refractivity contribution in [3.8, 4) is 0 Å². The molecule has 2 saturated heterocycles. The Kier molecular flexibility index (Phi) is 5.85. The Labute approximate surface area is 143 Å². The molecule has 0 atom stereocenters. The maximum absolute atomic E-state index is 13.8. The number of hydrogen-bond donors (Lipinski definition) is 0. The van der Waals surface area contributed by atoms with E-state index in [0.29, 0.717) is 30.1 Å². The van der Waals surface area contributed by atoms with Crippen LogP contribution in [-0.4, -0.2) is 54.7 Å². The Morgan fingerprint density at radius 2 is 1.88 bits per heavy atom.